The Morgan fingerprint density at radius 2 is 2.24 bits per heavy atom. The topological polar surface area (TPSA) is 87.4 Å². The van der Waals surface area contributed by atoms with Gasteiger partial charge in [0.15, 0.2) is 5.69 Å². The molecule has 0 unspecified atom stereocenters. The molecule has 0 radical (unpaired) electrons. The average molecular weight is 285 g/mol. The van der Waals surface area contributed by atoms with Gasteiger partial charge in [-0.05, 0) is 19.1 Å². The fourth-order valence-electron chi connectivity index (χ4n) is 2.11. The highest BCUT2D eigenvalue weighted by molar-refractivity contribution is 5.92. The summed E-state index contributed by atoms with van der Waals surface area (Å²) in [4.78, 5) is 16.1. The molecule has 3 rings (SSSR count). The van der Waals surface area contributed by atoms with Crippen molar-refractivity contribution in [2.24, 2.45) is 0 Å². The number of nitrogens with zero attached hydrogens (tertiary/aromatic N) is 4. The molecule has 0 aliphatic carbocycles. The second kappa shape index (κ2) is 5.28. The van der Waals surface area contributed by atoms with Crippen LogP contribution in [0.15, 0.2) is 36.8 Å². The van der Waals surface area contributed by atoms with Crippen molar-refractivity contribution in [3.8, 4) is 0 Å². The van der Waals surface area contributed by atoms with E-state index in [2.05, 4.69) is 10.1 Å². The Labute approximate surface area is 121 Å². The van der Waals surface area contributed by atoms with E-state index in [0.717, 1.165) is 11.3 Å². The number of anilines is 1. The Balaban J connectivity index is 1.84. The van der Waals surface area contributed by atoms with Gasteiger partial charge in [-0.1, -0.05) is 6.07 Å². The van der Waals surface area contributed by atoms with Gasteiger partial charge in [0.1, 0.15) is 5.65 Å². The fourth-order valence-corrected chi connectivity index (χ4v) is 2.11. The van der Waals surface area contributed by atoms with E-state index in [1.165, 1.54) is 0 Å². The molecule has 2 N–H and O–H groups in total. The Morgan fingerprint density at radius 3 is 3.00 bits per heavy atom. The van der Waals surface area contributed by atoms with Gasteiger partial charge in [-0.2, -0.15) is 5.10 Å². The third-order valence-electron chi connectivity index (χ3n) is 3.00. The van der Waals surface area contributed by atoms with Crippen molar-refractivity contribution in [3.05, 3.63) is 48.2 Å². The number of aromatic nitrogens is 4. The van der Waals surface area contributed by atoms with Crippen molar-refractivity contribution >= 4 is 17.3 Å². The summed E-state index contributed by atoms with van der Waals surface area (Å²) in [6, 6.07) is 5.78. The van der Waals surface area contributed by atoms with E-state index in [4.69, 9.17) is 10.5 Å². The van der Waals surface area contributed by atoms with Gasteiger partial charge in [-0.25, -0.2) is 9.78 Å². The highest BCUT2D eigenvalue weighted by Crippen LogP contribution is 2.12. The van der Waals surface area contributed by atoms with Crippen LogP contribution in [-0.2, 0) is 11.3 Å². The number of imidazole rings is 1. The molecular weight excluding hydrogens is 270 g/mol. The zero-order chi connectivity index (χ0) is 14.8. The van der Waals surface area contributed by atoms with Gasteiger partial charge in [-0.15, -0.1) is 0 Å². The van der Waals surface area contributed by atoms with Crippen LogP contribution in [0.4, 0.5) is 5.69 Å². The Kier molecular flexibility index (Phi) is 3.31. The molecular formula is C14H15N5O2. The van der Waals surface area contributed by atoms with E-state index < -0.39 is 5.97 Å². The molecule has 0 amide bonds. The predicted molar refractivity (Wildman–Crippen MR) is 76.9 cm³/mol. The van der Waals surface area contributed by atoms with Gasteiger partial charge >= 0.3 is 5.97 Å². The molecule has 108 valence electrons. The summed E-state index contributed by atoms with van der Waals surface area (Å²) in [6.07, 6.45) is 5.45. The first-order chi connectivity index (χ1) is 10.2. The quantitative estimate of drug-likeness (QED) is 0.731. The van der Waals surface area contributed by atoms with Crippen LogP contribution in [-0.4, -0.2) is 31.7 Å². The lowest BCUT2D eigenvalue weighted by atomic mass is 10.4. The van der Waals surface area contributed by atoms with Gasteiger partial charge in [0.2, 0.25) is 0 Å². The molecule has 0 saturated carbocycles. The van der Waals surface area contributed by atoms with Crippen molar-refractivity contribution in [1.29, 1.82) is 0 Å². The van der Waals surface area contributed by atoms with Crippen LogP contribution in [0.5, 0.6) is 0 Å². The first kappa shape index (κ1) is 13.2. The van der Waals surface area contributed by atoms with E-state index >= 15 is 0 Å². The molecule has 0 atom stereocenters. The number of hydrogen-bond acceptors (Lipinski definition) is 5. The fraction of sp³-hybridized carbons (Fsp3) is 0.214. The van der Waals surface area contributed by atoms with E-state index in [1.54, 1.807) is 17.8 Å². The predicted octanol–water partition coefficient (Wildman–Crippen LogP) is 1.34. The van der Waals surface area contributed by atoms with E-state index in [-0.39, 0.29) is 12.3 Å². The number of hydrogen-bond donors (Lipinski definition) is 1. The third-order valence-corrected chi connectivity index (χ3v) is 3.00. The maximum absolute atomic E-state index is 11.7. The summed E-state index contributed by atoms with van der Waals surface area (Å²) in [5.41, 5.74) is 7.93. The van der Waals surface area contributed by atoms with Crippen molar-refractivity contribution < 1.29 is 9.53 Å². The number of rotatable bonds is 4. The lowest BCUT2D eigenvalue weighted by Crippen LogP contribution is -2.09. The minimum absolute atomic E-state index is 0.139. The van der Waals surface area contributed by atoms with Gasteiger partial charge in [0.25, 0.3) is 0 Å². The smallest absolute Gasteiger partial charge is 0.361 e. The third kappa shape index (κ3) is 2.58. The molecule has 0 fully saturated rings. The van der Waals surface area contributed by atoms with Crippen LogP contribution in [0.2, 0.25) is 0 Å². The van der Waals surface area contributed by atoms with E-state index in [1.807, 2.05) is 35.0 Å². The molecule has 0 aromatic carbocycles. The number of carbonyl (C=O) groups is 1. The zero-order valence-corrected chi connectivity index (χ0v) is 11.6. The second-order valence-electron chi connectivity index (χ2n) is 4.55. The number of carbonyl (C=O) groups excluding carboxylic acids is 1. The van der Waals surface area contributed by atoms with Gasteiger partial charge in [0, 0.05) is 18.6 Å². The summed E-state index contributed by atoms with van der Waals surface area (Å²) in [7, 11) is 0. The van der Waals surface area contributed by atoms with Crippen molar-refractivity contribution in [2.45, 2.75) is 13.5 Å². The summed E-state index contributed by atoms with van der Waals surface area (Å²) in [5.74, 6) is -0.510. The van der Waals surface area contributed by atoms with Crippen molar-refractivity contribution in [1.82, 2.24) is 19.2 Å². The first-order valence-corrected chi connectivity index (χ1v) is 6.60. The number of pyridine rings is 1. The maximum atomic E-state index is 11.7. The Bertz CT molecular complexity index is 757. The SMILES string of the molecule is CCOC(=O)c1nn(Cc2cn3ccccc3n2)cc1N. The van der Waals surface area contributed by atoms with Crippen LogP contribution < -0.4 is 5.73 Å². The summed E-state index contributed by atoms with van der Waals surface area (Å²) < 4.78 is 8.42. The van der Waals surface area contributed by atoms with Crippen molar-refractivity contribution in [3.63, 3.8) is 0 Å². The number of nitrogen functional groups attached to an aromatic ring is 1. The molecule has 0 aliphatic rings. The molecule has 0 spiro atoms. The number of esters is 1. The van der Waals surface area contributed by atoms with Gasteiger partial charge < -0.3 is 14.9 Å². The largest absolute Gasteiger partial charge is 0.461 e. The minimum atomic E-state index is -0.510. The maximum Gasteiger partial charge on any atom is 0.361 e. The van der Waals surface area contributed by atoms with Crippen LogP contribution in [0.1, 0.15) is 23.1 Å². The Morgan fingerprint density at radius 1 is 1.38 bits per heavy atom. The summed E-state index contributed by atoms with van der Waals surface area (Å²) in [5, 5.41) is 4.16. The van der Waals surface area contributed by atoms with E-state index in [9.17, 15) is 4.79 Å². The second-order valence-corrected chi connectivity index (χ2v) is 4.55. The molecule has 0 bridgehead atoms. The number of ether oxygens (including phenoxy) is 1. The van der Waals surface area contributed by atoms with Crippen LogP contribution in [0.25, 0.3) is 5.65 Å². The molecule has 3 aromatic heterocycles. The number of nitrogens with two attached hydrogens (primary N) is 1. The van der Waals surface area contributed by atoms with Crippen LogP contribution in [0, 0.1) is 0 Å². The van der Waals surface area contributed by atoms with Crippen molar-refractivity contribution in [2.75, 3.05) is 12.3 Å². The molecule has 21 heavy (non-hydrogen) atoms. The molecule has 3 heterocycles. The first-order valence-electron chi connectivity index (χ1n) is 6.60. The highest BCUT2D eigenvalue weighted by Gasteiger charge is 2.16. The Hall–Kier alpha value is -2.83. The highest BCUT2D eigenvalue weighted by atomic mass is 16.5. The lowest BCUT2D eigenvalue weighted by molar-refractivity contribution is 0.0519. The van der Waals surface area contributed by atoms with Gasteiger partial charge in [0.05, 0.1) is 24.5 Å². The normalized spacial score (nSPS) is 10.9. The minimum Gasteiger partial charge on any atom is -0.461 e. The lowest BCUT2D eigenvalue weighted by Gasteiger charge is -1.98. The summed E-state index contributed by atoms with van der Waals surface area (Å²) >= 11 is 0. The van der Waals surface area contributed by atoms with E-state index in [0.29, 0.717) is 12.2 Å². The number of fused-ring (bicyclic) bond motifs is 1. The standard InChI is InChI=1S/C14H15N5O2/c1-2-21-14(20)13-11(15)9-19(17-13)8-10-7-18-6-4-3-5-12(18)16-10/h3-7,9H,2,8,15H2,1H3. The zero-order valence-electron chi connectivity index (χ0n) is 11.6. The van der Waals surface area contributed by atoms with Gasteiger partial charge in [-0.3, -0.25) is 4.68 Å². The molecule has 7 nitrogen and oxygen atoms in total. The molecule has 3 aromatic rings. The molecule has 0 aliphatic heterocycles. The van der Waals surface area contributed by atoms with Crippen LogP contribution in [0.3, 0.4) is 0 Å². The monoisotopic (exact) mass is 285 g/mol. The average Bonchev–Trinajstić information content (AvgIpc) is 3.02. The molecule has 7 heteroatoms. The summed E-state index contributed by atoms with van der Waals surface area (Å²) in [6.45, 7) is 2.46. The molecule has 0 saturated heterocycles. The van der Waals surface area contributed by atoms with Crippen LogP contribution >= 0.6 is 0 Å².